The average molecular weight is 317 g/mol. The van der Waals surface area contributed by atoms with Crippen LogP contribution in [0.1, 0.15) is 51.1 Å². The van der Waals surface area contributed by atoms with E-state index in [1.165, 1.54) is 19.3 Å². The topological polar surface area (TPSA) is 57.8 Å². The molecule has 2 heterocycles. The molecule has 1 fully saturated rings. The van der Waals surface area contributed by atoms with Crippen LogP contribution < -0.4 is 5.32 Å². The molecule has 2 aromatic heterocycles. The second-order valence-electron chi connectivity index (χ2n) is 5.98. The van der Waals surface area contributed by atoms with E-state index in [4.69, 9.17) is 0 Å². The van der Waals surface area contributed by atoms with Gasteiger partial charge in [0.05, 0.1) is 16.3 Å². The highest BCUT2D eigenvalue weighted by Crippen LogP contribution is 2.34. The maximum atomic E-state index is 12.6. The van der Waals surface area contributed by atoms with E-state index in [2.05, 4.69) is 22.4 Å². The van der Waals surface area contributed by atoms with Gasteiger partial charge in [-0.15, -0.1) is 11.3 Å². The van der Waals surface area contributed by atoms with E-state index >= 15 is 0 Å². The largest absolute Gasteiger partial charge is 0.322 e. The highest BCUT2D eigenvalue weighted by molar-refractivity contribution is 7.13. The number of hydrogen-bond donors (Lipinski definition) is 2. The van der Waals surface area contributed by atoms with Crippen molar-refractivity contribution in [3.8, 4) is 10.6 Å². The number of aromatic amines is 1. The molecule has 0 atom stereocenters. The van der Waals surface area contributed by atoms with Crippen molar-refractivity contribution in [1.82, 2.24) is 10.2 Å². The van der Waals surface area contributed by atoms with E-state index in [9.17, 15) is 4.79 Å². The van der Waals surface area contributed by atoms with E-state index in [1.807, 2.05) is 17.5 Å². The Bertz CT molecular complexity index is 612. The Hall–Kier alpha value is -1.62. The lowest BCUT2D eigenvalue weighted by atomic mass is 9.88. The molecular weight excluding hydrogens is 294 g/mol. The molecule has 1 aliphatic rings. The first-order valence-corrected chi connectivity index (χ1v) is 9.09. The maximum Gasteiger partial charge on any atom is 0.227 e. The molecule has 0 aliphatic heterocycles. The smallest absolute Gasteiger partial charge is 0.227 e. The van der Waals surface area contributed by atoms with E-state index in [-0.39, 0.29) is 11.8 Å². The zero-order valence-corrected chi connectivity index (χ0v) is 13.8. The van der Waals surface area contributed by atoms with Gasteiger partial charge in [0.15, 0.2) is 0 Å². The highest BCUT2D eigenvalue weighted by atomic mass is 32.1. The third-order valence-electron chi connectivity index (χ3n) is 4.32. The van der Waals surface area contributed by atoms with E-state index < -0.39 is 0 Å². The number of carbonyl (C=O) groups is 1. The number of thiophene rings is 1. The van der Waals surface area contributed by atoms with Gasteiger partial charge in [0.1, 0.15) is 5.69 Å². The maximum absolute atomic E-state index is 12.6. The van der Waals surface area contributed by atoms with Crippen molar-refractivity contribution in [3.05, 3.63) is 23.2 Å². The molecule has 118 valence electrons. The van der Waals surface area contributed by atoms with E-state index in [1.54, 1.807) is 11.3 Å². The second-order valence-corrected chi connectivity index (χ2v) is 6.92. The molecular formula is C17H23N3OS. The summed E-state index contributed by atoms with van der Waals surface area (Å²) in [5.41, 5.74) is 2.80. The number of hydrogen-bond acceptors (Lipinski definition) is 3. The Morgan fingerprint density at radius 3 is 2.91 bits per heavy atom. The van der Waals surface area contributed by atoms with Gasteiger partial charge >= 0.3 is 0 Å². The molecule has 0 radical (unpaired) electrons. The van der Waals surface area contributed by atoms with Crippen LogP contribution in [-0.2, 0) is 11.2 Å². The molecule has 1 amide bonds. The van der Waals surface area contributed by atoms with E-state index in [0.29, 0.717) is 0 Å². The van der Waals surface area contributed by atoms with E-state index in [0.717, 1.165) is 47.6 Å². The molecule has 0 bridgehead atoms. The fraction of sp³-hybridized carbons (Fsp3) is 0.529. The van der Waals surface area contributed by atoms with Crippen LogP contribution >= 0.6 is 11.3 Å². The predicted octanol–water partition coefficient (Wildman–Crippen LogP) is 4.61. The number of aromatic nitrogens is 2. The van der Waals surface area contributed by atoms with Crippen molar-refractivity contribution in [3.63, 3.8) is 0 Å². The van der Waals surface area contributed by atoms with Gasteiger partial charge in [-0.05, 0) is 30.7 Å². The van der Waals surface area contributed by atoms with Crippen molar-refractivity contribution < 1.29 is 4.79 Å². The van der Waals surface area contributed by atoms with Crippen molar-refractivity contribution in [2.45, 2.75) is 51.9 Å². The van der Waals surface area contributed by atoms with Crippen LogP contribution in [0, 0.1) is 5.92 Å². The van der Waals surface area contributed by atoms with Gasteiger partial charge in [0.25, 0.3) is 0 Å². The summed E-state index contributed by atoms with van der Waals surface area (Å²) in [6.07, 6.45) is 7.56. The quantitative estimate of drug-likeness (QED) is 0.846. The van der Waals surface area contributed by atoms with Crippen LogP contribution in [0.4, 0.5) is 5.69 Å². The summed E-state index contributed by atoms with van der Waals surface area (Å²) in [5, 5.41) is 12.8. The Morgan fingerprint density at radius 1 is 1.41 bits per heavy atom. The molecule has 2 N–H and O–H groups in total. The van der Waals surface area contributed by atoms with Gasteiger partial charge in [0, 0.05) is 5.92 Å². The third-order valence-corrected chi connectivity index (χ3v) is 5.20. The zero-order chi connectivity index (χ0) is 15.4. The number of carbonyl (C=O) groups excluding carboxylic acids is 1. The molecule has 4 nitrogen and oxygen atoms in total. The lowest BCUT2D eigenvalue weighted by Gasteiger charge is -2.21. The van der Waals surface area contributed by atoms with Crippen LogP contribution in [0.15, 0.2) is 17.5 Å². The van der Waals surface area contributed by atoms with Gasteiger partial charge in [-0.3, -0.25) is 9.89 Å². The van der Waals surface area contributed by atoms with Crippen LogP contribution in [0.3, 0.4) is 0 Å². The molecule has 0 unspecified atom stereocenters. The van der Waals surface area contributed by atoms with Crippen molar-refractivity contribution in [1.29, 1.82) is 0 Å². The summed E-state index contributed by atoms with van der Waals surface area (Å²) in [6, 6.07) is 4.06. The number of amides is 1. The van der Waals surface area contributed by atoms with Crippen LogP contribution in [-0.4, -0.2) is 16.1 Å². The lowest BCUT2D eigenvalue weighted by Crippen LogP contribution is -2.25. The van der Waals surface area contributed by atoms with Crippen LogP contribution in [0.5, 0.6) is 0 Å². The van der Waals surface area contributed by atoms with Crippen molar-refractivity contribution >= 4 is 22.9 Å². The molecule has 5 heteroatoms. The summed E-state index contributed by atoms with van der Waals surface area (Å²) >= 11 is 1.65. The number of nitrogens with one attached hydrogen (secondary N) is 2. The molecule has 1 aliphatic carbocycles. The minimum Gasteiger partial charge on any atom is -0.322 e. The number of H-pyrrole nitrogens is 1. The molecule has 3 rings (SSSR count). The lowest BCUT2D eigenvalue weighted by molar-refractivity contribution is -0.120. The zero-order valence-electron chi connectivity index (χ0n) is 13.0. The Kier molecular flexibility index (Phi) is 4.93. The highest BCUT2D eigenvalue weighted by Gasteiger charge is 2.24. The SMILES string of the molecule is CCCc1[nH]nc(-c2cccs2)c1NC(=O)C1CCCCC1. The fourth-order valence-corrected chi connectivity index (χ4v) is 3.85. The Balaban J connectivity index is 1.84. The Labute approximate surface area is 135 Å². The molecule has 0 saturated heterocycles. The summed E-state index contributed by atoms with van der Waals surface area (Å²) in [5.74, 6) is 0.325. The number of anilines is 1. The summed E-state index contributed by atoms with van der Waals surface area (Å²) in [4.78, 5) is 13.7. The number of nitrogens with zero attached hydrogens (tertiary/aromatic N) is 1. The van der Waals surface area contributed by atoms with Crippen molar-refractivity contribution in [2.24, 2.45) is 5.92 Å². The summed E-state index contributed by atoms with van der Waals surface area (Å²) < 4.78 is 0. The average Bonchev–Trinajstić information content (AvgIpc) is 3.19. The van der Waals surface area contributed by atoms with Gasteiger partial charge in [-0.2, -0.15) is 5.10 Å². The van der Waals surface area contributed by atoms with Gasteiger partial charge in [-0.25, -0.2) is 0 Å². The first-order chi connectivity index (χ1) is 10.8. The second kappa shape index (κ2) is 7.09. The van der Waals surface area contributed by atoms with Gasteiger partial charge in [0.2, 0.25) is 5.91 Å². The summed E-state index contributed by atoms with van der Waals surface area (Å²) in [6.45, 7) is 2.14. The molecule has 1 saturated carbocycles. The van der Waals surface area contributed by atoms with Gasteiger partial charge in [-0.1, -0.05) is 38.7 Å². The minimum absolute atomic E-state index is 0.161. The van der Waals surface area contributed by atoms with Crippen molar-refractivity contribution in [2.75, 3.05) is 5.32 Å². The summed E-state index contributed by atoms with van der Waals surface area (Å²) in [7, 11) is 0. The normalized spacial score (nSPS) is 15.9. The fourth-order valence-electron chi connectivity index (χ4n) is 3.13. The number of aryl methyl sites for hydroxylation is 1. The number of rotatable bonds is 5. The molecule has 2 aromatic rings. The first-order valence-electron chi connectivity index (χ1n) is 8.21. The van der Waals surface area contributed by atoms with Crippen LogP contribution in [0.2, 0.25) is 0 Å². The first kappa shape index (κ1) is 15.3. The third kappa shape index (κ3) is 3.24. The molecule has 22 heavy (non-hydrogen) atoms. The van der Waals surface area contributed by atoms with Crippen LogP contribution in [0.25, 0.3) is 10.6 Å². The molecule has 0 aromatic carbocycles. The predicted molar refractivity (Wildman–Crippen MR) is 91.1 cm³/mol. The minimum atomic E-state index is 0.161. The monoisotopic (exact) mass is 317 g/mol. The molecule has 0 spiro atoms. The van der Waals surface area contributed by atoms with Gasteiger partial charge < -0.3 is 5.32 Å². The Morgan fingerprint density at radius 2 is 2.23 bits per heavy atom. The standard InChI is InChI=1S/C17H23N3OS/c1-2-7-13-15(16(20-19-13)14-10-6-11-22-14)18-17(21)12-8-4-3-5-9-12/h6,10-12H,2-5,7-9H2,1H3,(H,18,21)(H,19,20).